The van der Waals surface area contributed by atoms with E-state index in [-0.39, 0.29) is 17.9 Å². The third kappa shape index (κ3) is 5.34. The van der Waals surface area contributed by atoms with Crippen molar-refractivity contribution in [3.8, 4) is 0 Å². The number of carbonyl (C=O) groups excluding carboxylic acids is 1. The van der Waals surface area contributed by atoms with E-state index in [1.165, 1.54) is 39.8 Å². The fourth-order valence-corrected chi connectivity index (χ4v) is 6.82. The predicted molar refractivity (Wildman–Crippen MR) is 140 cm³/mol. The molecule has 1 N–H and O–H groups in total. The number of benzene rings is 2. The smallest absolute Gasteiger partial charge is 0.306 e. The standard InChI is InChI=1S/C27H27N3O3S2/c1-33-23(31)13-15-34-27-28-25-24(26(32)30(27)17-20-10-6-3-7-11-20)21-12-14-29(18-22(21)35-25)16-19-8-4-2-5-9-19/h2-11H,12-18H2,1H3/p+1. The summed E-state index contributed by atoms with van der Waals surface area (Å²) in [6.07, 6.45) is 1.16. The largest absolute Gasteiger partial charge is 0.469 e. The first-order valence-corrected chi connectivity index (χ1v) is 13.6. The summed E-state index contributed by atoms with van der Waals surface area (Å²) in [5.74, 6) is 0.253. The Bertz CT molecular complexity index is 1380. The maximum Gasteiger partial charge on any atom is 0.306 e. The Hall–Kier alpha value is -2.94. The van der Waals surface area contributed by atoms with E-state index in [2.05, 4.69) is 24.3 Å². The van der Waals surface area contributed by atoms with Gasteiger partial charge in [-0.2, -0.15) is 0 Å². The lowest BCUT2D eigenvalue weighted by atomic mass is 10.0. The summed E-state index contributed by atoms with van der Waals surface area (Å²) >= 11 is 3.09. The topological polar surface area (TPSA) is 65.6 Å². The van der Waals surface area contributed by atoms with E-state index < -0.39 is 0 Å². The van der Waals surface area contributed by atoms with Crippen LogP contribution in [0.15, 0.2) is 70.6 Å². The number of fused-ring (bicyclic) bond motifs is 3. The third-order valence-corrected chi connectivity index (χ3v) is 8.45. The minimum Gasteiger partial charge on any atom is -0.469 e. The molecule has 0 saturated carbocycles. The Labute approximate surface area is 212 Å². The van der Waals surface area contributed by atoms with Gasteiger partial charge in [-0.25, -0.2) is 4.98 Å². The molecule has 1 atom stereocenters. The van der Waals surface area contributed by atoms with E-state index >= 15 is 0 Å². The van der Waals surface area contributed by atoms with Gasteiger partial charge in [0.2, 0.25) is 0 Å². The number of nitrogens with one attached hydrogen (secondary N) is 1. The fraction of sp³-hybridized carbons (Fsp3) is 0.296. The first-order valence-electron chi connectivity index (χ1n) is 11.8. The minimum absolute atomic E-state index is 0.0171. The van der Waals surface area contributed by atoms with Crippen molar-refractivity contribution in [1.82, 2.24) is 9.55 Å². The number of rotatable bonds is 8. The van der Waals surface area contributed by atoms with Gasteiger partial charge < -0.3 is 9.64 Å². The molecule has 1 unspecified atom stereocenters. The lowest BCUT2D eigenvalue weighted by molar-refractivity contribution is -0.929. The minimum atomic E-state index is -0.261. The number of ether oxygens (including phenoxy) is 1. The molecule has 2 aromatic heterocycles. The summed E-state index contributed by atoms with van der Waals surface area (Å²) in [6, 6.07) is 20.5. The molecule has 180 valence electrons. The molecule has 0 bridgehead atoms. The first-order chi connectivity index (χ1) is 17.1. The second-order valence-corrected chi connectivity index (χ2v) is 10.9. The van der Waals surface area contributed by atoms with Crippen LogP contribution in [0.25, 0.3) is 10.2 Å². The Kier molecular flexibility index (Phi) is 7.32. The highest BCUT2D eigenvalue weighted by Crippen LogP contribution is 2.31. The zero-order valence-corrected chi connectivity index (χ0v) is 21.3. The number of hydrogen-bond acceptors (Lipinski definition) is 6. The molecule has 0 radical (unpaired) electrons. The van der Waals surface area contributed by atoms with Gasteiger partial charge in [0.05, 0.1) is 36.9 Å². The van der Waals surface area contributed by atoms with Crippen molar-refractivity contribution in [2.24, 2.45) is 0 Å². The van der Waals surface area contributed by atoms with E-state index in [1.54, 1.807) is 15.9 Å². The summed E-state index contributed by atoms with van der Waals surface area (Å²) < 4.78 is 6.55. The average Bonchev–Trinajstić information content (AvgIpc) is 3.25. The lowest BCUT2D eigenvalue weighted by Gasteiger charge is -2.24. The number of esters is 1. The van der Waals surface area contributed by atoms with Gasteiger partial charge in [-0.15, -0.1) is 11.3 Å². The number of carbonyl (C=O) groups is 1. The summed E-state index contributed by atoms with van der Waals surface area (Å²) in [7, 11) is 1.39. The number of aromatic nitrogens is 2. The number of quaternary nitrogens is 1. The van der Waals surface area contributed by atoms with Crippen molar-refractivity contribution < 1.29 is 14.4 Å². The van der Waals surface area contributed by atoms with E-state index in [4.69, 9.17) is 9.72 Å². The van der Waals surface area contributed by atoms with Crippen molar-refractivity contribution in [2.45, 2.75) is 37.6 Å². The highest BCUT2D eigenvalue weighted by molar-refractivity contribution is 7.99. The maximum absolute atomic E-state index is 13.8. The van der Waals surface area contributed by atoms with Crippen LogP contribution in [0.1, 0.15) is 28.0 Å². The Morgan fingerprint density at radius 2 is 1.83 bits per heavy atom. The van der Waals surface area contributed by atoms with Crippen LogP contribution < -0.4 is 10.5 Å². The third-order valence-electron chi connectivity index (χ3n) is 6.34. The molecule has 2 aromatic carbocycles. The van der Waals surface area contributed by atoms with E-state index in [0.29, 0.717) is 17.5 Å². The molecular weight excluding hydrogens is 478 g/mol. The quantitative estimate of drug-likeness (QED) is 0.226. The average molecular weight is 507 g/mol. The van der Waals surface area contributed by atoms with Gasteiger partial charge in [-0.05, 0) is 11.1 Å². The summed E-state index contributed by atoms with van der Waals surface area (Å²) in [4.78, 5) is 34.0. The molecule has 1 aliphatic rings. The molecular formula is C27H28N3O3S2+. The van der Waals surface area contributed by atoms with E-state index in [1.807, 2.05) is 36.4 Å². The molecule has 0 amide bonds. The Balaban J connectivity index is 1.48. The highest BCUT2D eigenvalue weighted by Gasteiger charge is 2.27. The maximum atomic E-state index is 13.8. The van der Waals surface area contributed by atoms with Crippen LogP contribution in [0, 0.1) is 0 Å². The predicted octanol–water partition coefficient (Wildman–Crippen LogP) is 3.30. The number of thioether (sulfide) groups is 1. The second kappa shape index (κ2) is 10.8. The molecule has 0 aliphatic carbocycles. The molecule has 6 nitrogen and oxygen atoms in total. The summed E-state index contributed by atoms with van der Waals surface area (Å²) in [5.41, 5.74) is 3.57. The van der Waals surface area contributed by atoms with Crippen LogP contribution in [0.2, 0.25) is 0 Å². The zero-order chi connectivity index (χ0) is 24.2. The number of nitrogens with zero attached hydrogens (tertiary/aromatic N) is 2. The van der Waals surface area contributed by atoms with Crippen molar-refractivity contribution >= 4 is 39.3 Å². The number of thiophene rings is 1. The molecule has 3 heterocycles. The van der Waals surface area contributed by atoms with Crippen LogP contribution in [0.3, 0.4) is 0 Å². The van der Waals surface area contributed by atoms with Gasteiger partial charge in [-0.3, -0.25) is 14.2 Å². The number of methoxy groups -OCH3 is 1. The summed E-state index contributed by atoms with van der Waals surface area (Å²) in [6.45, 7) is 3.35. The van der Waals surface area contributed by atoms with Crippen LogP contribution in [-0.4, -0.2) is 34.9 Å². The van der Waals surface area contributed by atoms with Crippen molar-refractivity contribution in [3.63, 3.8) is 0 Å². The molecule has 35 heavy (non-hydrogen) atoms. The van der Waals surface area contributed by atoms with Gasteiger partial charge >= 0.3 is 5.97 Å². The van der Waals surface area contributed by atoms with Crippen LogP contribution >= 0.6 is 23.1 Å². The SMILES string of the molecule is COC(=O)CCSc1nc2sc3c(c2c(=O)n1Cc1ccccc1)CC[NH+](Cc1ccccc1)C3. The van der Waals surface area contributed by atoms with E-state index in [9.17, 15) is 9.59 Å². The van der Waals surface area contributed by atoms with E-state index in [0.717, 1.165) is 41.8 Å². The zero-order valence-electron chi connectivity index (χ0n) is 19.7. The normalized spacial score (nSPS) is 15.2. The van der Waals surface area contributed by atoms with Crippen LogP contribution in [0.4, 0.5) is 0 Å². The molecule has 4 aromatic rings. The van der Waals surface area contributed by atoms with Gasteiger partial charge in [0.25, 0.3) is 5.56 Å². The molecule has 0 spiro atoms. The fourth-order valence-electron chi connectivity index (χ4n) is 4.57. The first kappa shape index (κ1) is 23.8. The van der Waals surface area contributed by atoms with Gasteiger partial charge in [0, 0.05) is 17.7 Å². The van der Waals surface area contributed by atoms with Gasteiger partial charge in [0.15, 0.2) is 5.16 Å². The summed E-state index contributed by atoms with van der Waals surface area (Å²) in [5, 5.41) is 1.43. The molecule has 0 fully saturated rings. The molecule has 1 aliphatic heterocycles. The highest BCUT2D eigenvalue weighted by atomic mass is 32.2. The van der Waals surface area contributed by atoms with Gasteiger partial charge in [0.1, 0.15) is 17.9 Å². The molecule has 8 heteroatoms. The Morgan fingerprint density at radius 3 is 2.54 bits per heavy atom. The van der Waals surface area contributed by atoms with Crippen molar-refractivity contribution in [3.05, 3.63) is 92.6 Å². The van der Waals surface area contributed by atoms with Crippen molar-refractivity contribution in [1.29, 1.82) is 0 Å². The monoisotopic (exact) mass is 506 g/mol. The Morgan fingerprint density at radius 1 is 1.11 bits per heavy atom. The van der Waals surface area contributed by atoms with Crippen LogP contribution in [0.5, 0.6) is 0 Å². The lowest BCUT2D eigenvalue weighted by Crippen LogP contribution is -3.10. The van der Waals surface area contributed by atoms with Crippen molar-refractivity contribution in [2.75, 3.05) is 19.4 Å². The second-order valence-electron chi connectivity index (χ2n) is 8.72. The number of hydrogen-bond donors (Lipinski definition) is 1. The molecule has 5 rings (SSSR count). The van der Waals surface area contributed by atoms with Gasteiger partial charge in [-0.1, -0.05) is 72.4 Å². The van der Waals surface area contributed by atoms with Crippen LogP contribution in [-0.2, 0) is 35.6 Å². The molecule has 0 saturated heterocycles.